The monoisotopic (exact) mass is 297 g/mol. The molecule has 122 valence electrons. The van der Waals surface area contributed by atoms with E-state index in [1.807, 2.05) is 20.8 Å². The van der Waals surface area contributed by atoms with Crippen molar-refractivity contribution in [3.8, 4) is 0 Å². The first kappa shape index (κ1) is 18.0. The van der Waals surface area contributed by atoms with E-state index in [1.165, 1.54) is 24.2 Å². The Morgan fingerprint density at radius 3 is 2.57 bits per heavy atom. The zero-order valence-corrected chi connectivity index (χ0v) is 14.3. The summed E-state index contributed by atoms with van der Waals surface area (Å²) in [6.45, 7) is 10.7. The van der Waals surface area contributed by atoms with Crippen molar-refractivity contribution in [1.82, 2.24) is 4.90 Å². The highest BCUT2D eigenvalue weighted by Crippen LogP contribution is 2.30. The number of unbranched alkanes of at least 4 members (excludes halogenated alkanes) is 3. The fourth-order valence-electron chi connectivity index (χ4n) is 2.75. The Hall–Kier alpha value is -1.06. The third-order valence-electron chi connectivity index (χ3n) is 4.21. The molecule has 1 heterocycles. The second-order valence-electron chi connectivity index (χ2n) is 7.38. The molecule has 0 aromatic rings. The molecule has 0 N–H and O–H groups in total. The summed E-state index contributed by atoms with van der Waals surface area (Å²) in [6.07, 6.45) is 5.88. The number of nitrogens with zero attached hydrogens (tertiary/aromatic N) is 1. The van der Waals surface area contributed by atoms with E-state index in [0.29, 0.717) is 18.9 Å². The van der Waals surface area contributed by atoms with Crippen LogP contribution in [-0.2, 0) is 9.53 Å². The third kappa shape index (κ3) is 5.33. The van der Waals surface area contributed by atoms with Crippen LogP contribution in [0.5, 0.6) is 0 Å². The summed E-state index contributed by atoms with van der Waals surface area (Å²) in [5.41, 5.74) is -0.147. The van der Waals surface area contributed by atoms with Crippen LogP contribution < -0.4 is 0 Å². The fraction of sp³-hybridized carbons (Fsp3) is 0.882. The van der Waals surface area contributed by atoms with Gasteiger partial charge in [0.1, 0.15) is 6.61 Å². The van der Waals surface area contributed by atoms with Gasteiger partial charge in [-0.15, -0.1) is 0 Å². The second kappa shape index (κ2) is 7.81. The van der Waals surface area contributed by atoms with Crippen LogP contribution in [0.3, 0.4) is 0 Å². The van der Waals surface area contributed by atoms with E-state index in [1.54, 1.807) is 0 Å². The maximum absolute atomic E-state index is 12.4. The van der Waals surface area contributed by atoms with Gasteiger partial charge in [-0.3, -0.25) is 4.79 Å². The van der Waals surface area contributed by atoms with Gasteiger partial charge < -0.3 is 4.74 Å². The molecule has 0 saturated carbocycles. The van der Waals surface area contributed by atoms with Crippen LogP contribution in [0.25, 0.3) is 0 Å². The Morgan fingerprint density at radius 2 is 2.00 bits per heavy atom. The highest BCUT2D eigenvalue weighted by molar-refractivity contribution is 5.93. The fourth-order valence-corrected chi connectivity index (χ4v) is 2.75. The zero-order valence-electron chi connectivity index (χ0n) is 14.3. The molecule has 2 atom stereocenters. The van der Waals surface area contributed by atoms with Crippen molar-refractivity contribution in [2.24, 2.45) is 11.3 Å². The van der Waals surface area contributed by atoms with Crippen LogP contribution in [0, 0.1) is 11.3 Å². The molecule has 1 fully saturated rings. The quantitative estimate of drug-likeness (QED) is 0.655. The Bertz CT molecular complexity index is 360. The zero-order chi connectivity index (χ0) is 16.0. The van der Waals surface area contributed by atoms with Gasteiger partial charge in [-0.2, -0.15) is 0 Å². The smallest absolute Gasteiger partial charge is 0.416 e. The number of carbonyl (C=O) groups excluding carboxylic acids is 2. The third-order valence-corrected chi connectivity index (χ3v) is 4.21. The Kier molecular flexibility index (Phi) is 6.69. The summed E-state index contributed by atoms with van der Waals surface area (Å²) >= 11 is 0. The molecular formula is C17H31NO3. The lowest BCUT2D eigenvalue weighted by Gasteiger charge is -2.31. The first-order valence-corrected chi connectivity index (χ1v) is 8.26. The van der Waals surface area contributed by atoms with Crippen LogP contribution in [0.15, 0.2) is 0 Å². The molecule has 4 heteroatoms. The van der Waals surface area contributed by atoms with Gasteiger partial charge in [0.05, 0.1) is 6.04 Å². The molecule has 2 amide bonds. The Labute approximate surface area is 129 Å². The van der Waals surface area contributed by atoms with Crippen molar-refractivity contribution >= 4 is 12.0 Å². The topological polar surface area (TPSA) is 46.6 Å². The number of amides is 2. The summed E-state index contributed by atoms with van der Waals surface area (Å²) in [5, 5.41) is 0. The molecule has 1 rings (SSSR count). The van der Waals surface area contributed by atoms with E-state index < -0.39 is 6.09 Å². The van der Waals surface area contributed by atoms with Gasteiger partial charge in [0, 0.05) is 6.42 Å². The first-order valence-electron chi connectivity index (χ1n) is 8.26. The molecular weight excluding hydrogens is 266 g/mol. The lowest BCUT2D eigenvalue weighted by atomic mass is 9.86. The minimum absolute atomic E-state index is 0.0829. The molecule has 1 aliphatic heterocycles. The molecule has 0 aromatic heterocycles. The second-order valence-corrected chi connectivity index (χ2v) is 7.38. The predicted octanol–water partition coefficient (Wildman–Crippen LogP) is 4.38. The number of hydrogen-bond donors (Lipinski definition) is 0. The summed E-state index contributed by atoms with van der Waals surface area (Å²) in [4.78, 5) is 25.6. The molecule has 1 saturated heterocycles. The number of cyclic esters (lactones) is 1. The van der Waals surface area contributed by atoms with Gasteiger partial charge in [0.25, 0.3) is 0 Å². The van der Waals surface area contributed by atoms with E-state index in [4.69, 9.17) is 4.74 Å². The van der Waals surface area contributed by atoms with E-state index in [0.717, 1.165) is 12.8 Å². The van der Waals surface area contributed by atoms with Crippen molar-refractivity contribution in [1.29, 1.82) is 0 Å². The maximum Gasteiger partial charge on any atom is 0.416 e. The summed E-state index contributed by atoms with van der Waals surface area (Å²) in [5.74, 6) is 0.240. The van der Waals surface area contributed by atoms with Gasteiger partial charge in [0.15, 0.2) is 0 Å². The van der Waals surface area contributed by atoms with Gasteiger partial charge in [0.2, 0.25) is 5.91 Å². The molecule has 21 heavy (non-hydrogen) atoms. The normalized spacial score (nSPS) is 20.5. The number of hydrogen-bond acceptors (Lipinski definition) is 3. The van der Waals surface area contributed by atoms with Crippen LogP contribution in [-0.4, -0.2) is 29.5 Å². The van der Waals surface area contributed by atoms with Crippen LogP contribution >= 0.6 is 0 Å². The van der Waals surface area contributed by atoms with Crippen molar-refractivity contribution in [2.75, 3.05) is 6.61 Å². The SMILES string of the molecule is CCCCCC[C@@H](C)CC(=O)N1C(=O)OC[C@@H]1C(C)(C)C. The Morgan fingerprint density at radius 1 is 1.33 bits per heavy atom. The molecule has 0 radical (unpaired) electrons. The van der Waals surface area contributed by atoms with Crippen LogP contribution in [0.4, 0.5) is 4.79 Å². The molecule has 0 aromatic carbocycles. The van der Waals surface area contributed by atoms with Crippen molar-refractivity contribution in [3.05, 3.63) is 0 Å². The number of ether oxygens (including phenoxy) is 1. The average molecular weight is 297 g/mol. The molecule has 1 aliphatic rings. The first-order chi connectivity index (χ1) is 9.77. The van der Waals surface area contributed by atoms with Gasteiger partial charge in [-0.25, -0.2) is 9.69 Å². The van der Waals surface area contributed by atoms with E-state index >= 15 is 0 Å². The molecule has 0 unspecified atom stereocenters. The molecule has 4 nitrogen and oxygen atoms in total. The average Bonchev–Trinajstić information content (AvgIpc) is 2.76. The highest BCUT2D eigenvalue weighted by atomic mass is 16.6. The largest absolute Gasteiger partial charge is 0.447 e. The highest BCUT2D eigenvalue weighted by Gasteiger charge is 2.44. The summed E-state index contributed by atoms with van der Waals surface area (Å²) in [6, 6.07) is -0.148. The van der Waals surface area contributed by atoms with E-state index in [-0.39, 0.29) is 17.4 Å². The van der Waals surface area contributed by atoms with Crippen LogP contribution in [0.2, 0.25) is 0 Å². The minimum atomic E-state index is -0.474. The number of imide groups is 1. The maximum atomic E-state index is 12.4. The summed E-state index contributed by atoms with van der Waals surface area (Å²) in [7, 11) is 0. The van der Waals surface area contributed by atoms with Crippen LogP contribution in [0.1, 0.15) is 73.1 Å². The van der Waals surface area contributed by atoms with Gasteiger partial charge >= 0.3 is 6.09 Å². The molecule has 0 spiro atoms. The van der Waals surface area contributed by atoms with Gasteiger partial charge in [-0.1, -0.05) is 66.7 Å². The number of carbonyl (C=O) groups is 2. The van der Waals surface area contributed by atoms with Crippen molar-refractivity contribution in [3.63, 3.8) is 0 Å². The van der Waals surface area contributed by atoms with Crippen molar-refractivity contribution in [2.45, 2.75) is 79.2 Å². The predicted molar refractivity (Wildman–Crippen MR) is 84.0 cm³/mol. The Balaban J connectivity index is 2.51. The lowest BCUT2D eigenvalue weighted by molar-refractivity contribution is -0.131. The van der Waals surface area contributed by atoms with Gasteiger partial charge in [-0.05, 0) is 11.3 Å². The van der Waals surface area contributed by atoms with Crippen molar-refractivity contribution < 1.29 is 14.3 Å². The van der Waals surface area contributed by atoms with E-state index in [9.17, 15) is 9.59 Å². The molecule has 0 aliphatic carbocycles. The minimum Gasteiger partial charge on any atom is -0.447 e. The standard InChI is InChI=1S/C17H31NO3/c1-6-7-8-9-10-13(2)11-15(19)18-14(17(3,4)5)12-21-16(18)20/h13-14H,6-12H2,1-5H3/t13-,14-/m1/s1. The van der Waals surface area contributed by atoms with E-state index in [2.05, 4.69) is 13.8 Å². The number of rotatable bonds is 7. The lowest BCUT2D eigenvalue weighted by Crippen LogP contribution is -2.46. The molecule has 0 bridgehead atoms. The summed E-state index contributed by atoms with van der Waals surface area (Å²) < 4.78 is 5.09.